The van der Waals surface area contributed by atoms with Gasteiger partial charge in [0.1, 0.15) is 22.9 Å². The molecule has 3 rings (SSSR count). The average Bonchev–Trinajstić information content (AvgIpc) is 3.47. The fourth-order valence-electron chi connectivity index (χ4n) is 2.85. The third-order valence-electron chi connectivity index (χ3n) is 4.75. The van der Waals surface area contributed by atoms with Crippen LogP contribution in [0.1, 0.15) is 35.7 Å². The minimum Gasteiger partial charge on any atom is -0.495 e. The summed E-state index contributed by atoms with van der Waals surface area (Å²) >= 11 is 0. The zero-order chi connectivity index (χ0) is 22.8. The largest absolute Gasteiger partial charge is 0.495 e. The summed E-state index contributed by atoms with van der Waals surface area (Å²) in [5, 5.41) is 17.1. The molecule has 0 aliphatic heterocycles. The highest BCUT2D eigenvalue weighted by molar-refractivity contribution is 5.96. The van der Waals surface area contributed by atoms with Crippen molar-refractivity contribution < 1.29 is 32.2 Å². The van der Waals surface area contributed by atoms with Crippen LogP contribution in [0.5, 0.6) is 5.75 Å². The second-order valence-corrected chi connectivity index (χ2v) is 7.03. The van der Waals surface area contributed by atoms with Crippen molar-refractivity contribution in [2.75, 3.05) is 30.9 Å². The molecule has 2 aromatic rings. The summed E-state index contributed by atoms with van der Waals surface area (Å²) in [4.78, 5) is 19.9. The van der Waals surface area contributed by atoms with Crippen molar-refractivity contribution in [3.05, 3.63) is 35.3 Å². The van der Waals surface area contributed by atoms with Crippen LogP contribution in [-0.4, -0.2) is 46.8 Å². The van der Waals surface area contributed by atoms with Crippen LogP contribution in [0.25, 0.3) is 0 Å². The molecular formula is C19H21F4N5O3. The Morgan fingerprint density at radius 3 is 2.58 bits per heavy atom. The van der Waals surface area contributed by atoms with Gasteiger partial charge in [-0.2, -0.15) is 18.2 Å². The number of carbonyl (C=O) groups excluding carboxylic acids is 1. The van der Waals surface area contributed by atoms with Crippen molar-refractivity contribution in [1.29, 1.82) is 0 Å². The predicted molar refractivity (Wildman–Crippen MR) is 104 cm³/mol. The fourth-order valence-corrected chi connectivity index (χ4v) is 2.85. The van der Waals surface area contributed by atoms with Crippen LogP contribution >= 0.6 is 0 Å². The zero-order valence-electron chi connectivity index (χ0n) is 16.7. The Kier molecular flexibility index (Phi) is 6.20. The molecule has 168 valence electrons. The van der Waals surface area contributed by atoms with Gasteiger partial charge in [-0.25, -0.2) is 9.37 Å². The van der Waals surface area contributed by atoms with Gasteiger partial charge in [0.25, 0.3) is 5.91 Å². The standard InChI is InChI=1S/C19H21F4N5O3/c1-3-24-15-11(19(21,22)23)8-25-17(27-15)26-13-7-12(20)10(6-14(13)31-2)16(30)28-18(9-29)4-5-18/h6-8,29H,3-5,9H2,1-2H3,(H,28,30)(H2,24,25,26,27). The van der Waals surface area contributed by atoms with Gasteiger partial charge in [-0.1, -0.05) is 0 Å². The molecule has 0 saturated heterocycles. The number of methoxy groups -OCH3 is 1. The van der Waals surface area contributed by atoms with Crippen molar-refractivity contribution in [2.45, 2.75) is 31.5 Å². The number of amides is 1. The van der Waals surface area contributed by atoms with Crippen molar-refractivity contribution >= 4 is 23.4 Å². The van der Waals surface area contributed by atoms with Crippen molar-refractivity contribution in [3.8, 4) is 5.75 Å². The Morgan fingerprint density at radius 2 is 2.03 bits per heavy atom. The number of nitrogens with one attached hydrogen (secondary N) is 3. The average molecular weight is 443 g/mol. The first kappa shape index (κ1) is 22.5. The van der Waals surface area contributed by atoms with Gasteiger partial charge in [0.15, 0.2) is 0 Å². The summed E-state index contributed by atoms with van der Waals surface area (Å²) < 4.78 is 59.1. The topological polar surface area (TPSA) is 108 Å². The molecule has 1 aromatic heterocycles. The molecule has 31 heavy (non-hydrogen) atoms. The molecule has 1 aliphatic rings. The van der Waals surface area contributed by atoms with Gasteiger partial charge in [-0.05, 0) is 25.8 Å². The van der Waals surface area contributed by atoms with Crippen molar-refractivity contribution in [2.24, 2.45) is 0 Å². The molecule has 1 fully saturated rings. The summed E-state index contributed by atoms with van der Waals surface area (Å²) in [6, 6.07) is 2.11. The summed E-state index contributed by atoms with van der Waals surface area (Å²) in [6.07, 6.45) is -2.86. The van der Waals surface area contributed by atoms with Gasteiger partial charge >= 0.3 is 6.18 Å². The number of nitrogens with zero attached hydrogens (tertiary/aromatic N) is 2. The third-order valence-corrected chi connectivity index (χ3v) is 4.75. The van der Waals surface area contributed by atoms with E-state index in [-0.39, 0.29) is 36.1 Å². The molecular weight excluding hydrogens is 422 g/mol. The van der Waals surface area contributed by atoms with E-state index in [1.807, 2.05) is 0 Å². The van der Waals surface area contributed by atoms with Crippen LogP contribution in [0.4, 0.5) is 35.0 Å². The van der Waals surface area contributed by atoms with Crippen LogP contribution in [-0.2, 0) is 6.18 Å². The number of ether oxygens (including phenoxy) is 1. The smallest absolute Gasteiger partial charge is 0.421 e. The number of anilines is 3. The molecule has 1 amide bonds. The molecule has 0 radical (unpaired) electrons. The Bertz CT molecular complexity index is 980. The van der Waals surface area contributed by atoms with Crippen molar-refractivity contribution in [3.63, 3.8) is 0 Å². The first-order chi connectivity index (χ1) is 14.6. The lowest BCUT2D eigenvalue weighted by molar-refractivity contribution is -0.137. The summed E-state index contributed by atoms with van der Waals surface area (Å²) in [7, 11) is 1.29. The lowest BCUT2D eigenvalue weighted by Gasteiger charge is -2.17. The minimum absolute atomic E-state index is 0.0158. The molecule has 8 nitrogen and oxygen atoms in total. The number of aliphatic hydroxyl groups is 1. The lowest BCUT2D eigenvalue weighted by Crippen LogP contribution is -2.39. The van der Waals surface area contributed by atoms with E-state index in [4.69, 9.17) is 4.74 Å². The molecule has 0 unspecified atom stereocenters. The Hall–Kier alpha value is -3.15. The number of rotatable bonds is 8. The summed E-state index contributed by atoms with van der Waals surface area (Å²) in [5.74, 6) is -2.21. The maximum atomic E-state index is 14.6. The van der Waals surface area contributed by atoms with E-state index in [0.717, 1.165) is 12.1 Å². The number of aromatic nitrogens is 2. The highest BCUT2D eigenvalue weighted by atomic mass is 19.4. The van der Waals surface area contributed by atoms with Gasteiger partial charge in [-0.3, -0.25) is 4.79 Å². The molecule has 12 heteroatoms. The zero-order valence-corrected chi connectivity index (χ0v) is 16.7. The minimum atomic E-state index is -4.65. The maximum Gasteiger partial charge on any atom is 0.421 e. The van der Waals surface area contributed by atoms with E-state index >= 15 is 0 Å². The molecule has 1 aliphatic carbocycles. The SMILES string of the molecule is CCNc1nc(Nc2cc(F)c(C(=O)NC3(CO)CC3)cc2OC)ncc1C(F)(F)F. The monoisotopic (exact) mass is 443 g/mol. The normalized spacial score (nSPS) is 14.7. The van der Waals surface area contributed by atoms with E-state index in [9.17, 15) is 27.5 Å². The van der Waals surface area contributed by atoms with Gasteiger partial charge in [0, 0.05) is 18.8 Å². The molecule has 1 saturated carbocycles. The molecule has 0 atom stereocenters. The van der Waals surface area contributed by atoms with E-state index in [1.165, 1.54) is 7.11 Å². The second kappa shape index (κ2) is 8.53. The number of benzene rings is 1. The van der Waals surface area contributed by atoms with Gasteiger partial charge in [0.2, 0.25) is 5.95 Å². The quantitative estimate of drug-likeness (QED) is 0.465. The first-order valence-electron chi connectivity index (χ1n) is 9.38. The number of aliphatic hydroxyl groups excluding tert-OH is 1. The fraction of sp³-hybridized carbons (Fsp3) is 0.421. The Morgan fingerprint density at radius 1 is 1.32 bits per heavy atom. The number of halogens is 4. The predicted octanol–water partition coefficient (Wildman–Crippen LogP) is 3.07. The van der Waals surface area contributed by atoms with Gasteiger partial charge < -0.3 is 25.8 Å². The maximum absolute atomic E-state index is 14.6. The molecule has 0 spiro atoms. The molecule has 0 bridgehead atoms. The van der Waals surface area contributed by atoms with E-state index in [2.05, 4.69) is 25.9 Å². The lowest BCUT2D eigenvalue weighted by atomic mass is 10.1. The number of hydrogen-bond acceptors (Lipinski definition) is 7. The van der Waals surface area contributed by atoms with E-state index in [1.54, 1.807) is 6.92 Å². The van der Waals surface area contributed by atoms with Crippen LogP contribution in [0.15, 0.2) is 18.3 Å². The Balaban J connectivity index is 1.89. The van der Waals surface area contributed by atoms with Gasteiger partial charge in [-0.15, -0.1) is 0 Å². The van der Waals surface area contributed by atoms with E-state index in [0.29, 0.717) is 19.0 Å². The van der Waals surface area contributed by atoms with Crippen LogP contribution in [0, 0.1) is 5.82 Å². The highest BCUT2D eigenvalue weighted by Crippen LogP contribution is 2.37. The second-order valence-electron chi connectivity index (χ2n) is 7.03. The Labute approximate surface area is 175 Å². The van der Waals surface area contributed by atoms with Crippen LogP contribution in [0.3, 0.4) is 0 Å². The highest BCUT2D eigenvalue weighted by Gasteiger charge is 2.44. The molecule has 4 N–H and O–H groups in total. The van der Waals surface area contributed by atoms with Crippen LogP contribution < -0.4 is 20.7 Å². The number of carbonyl (C=O) groups is 1. The van der Waals surface area contributed by atoms with Crippen LogP contribution in [0.2, 0.25) is 0 Å². The first-order valence-corrected chi connectivity index (χ1v) is 9.38. The van der Waals surface area contributed by atoms with Gasteiger partial charge in [0.05, 0.1) is 30.5 Å². The number of alkyl halides is 3. The molecule has 1 aromatic carbocycles. The van der Waals surface area contributed by atoms with Crippen molar-refractivity contribution in [1.82, 2.24) is 15.3 Å². The third kappa shape index (κ3) is 4.95. The van der Waals surface area contributed by atoms with E-state index < -0.39 is 34.8 Å². The summed E-state index contributed by atoms with van der Waals surface area (Å²) in [5.41, 5.74) is -2.06. The molecule has 1 heterocycles. The summed E-state index contributed by atoms with van der Waals surface area (Å²) in [6.45, 7) is 1.55. The number of hydrogen-bond donors (Lipinski definition) is 4.